The van der Waals surface area contributed by atoms with Crippen molar-refractivity contribution in [3.63, 3.8) is 0 Å². The molecule has 9 rings (SSSR count). The predicted molar refractivity (Wildman–Crippen MR) is 254 cm³/mol. The minimum Gasteiger partial charge on any atom is -0.0622 e. The van der Waals surface area contributed by atoms with Crippen LogP contribution >= 0.6 is 29.5 Å². The Balaban J connectivity index is 0.000000144. The Labute approximate surface area is 366 Å². The van der Waals surface area contributed by atoms with E-state index < -0.39 is 15.8 Å². The third-order valence-electron chi connectivity index (χ3n) is 8.78. The van der Waals surface area contributed by atoms with Crippen LogP contribution < -0.4 is 31.8 Å². The molecule has 8 aromatic rings. The first-order chi connectivity index (χ1) is 28.7. The van der Waals surface area contributed by atoms with Crippen molar-refractivity contribution in [1.29, 1.82) is 0 Å². The summed E-state index contributed by atoms with van der Waals surface area (Å²) in [5, 5.41) is 18.2. The van der Waals surface area contributed by atoms with Gasteiger partial charge in [0.15, 0.2) is 0 Å². The molecule has 0 atom stereocenters. The molecule has 0 saturated heterocycles. The summed E-state index contributed by atoms with van der Waals surface area (Å²) < 4.78 is 0. The Morgan fingerprint density at radius 2 is 0.707 bits per heavy atom. The van der Waals surface area contributed by atoms with E-state index in [2.05, 4.69) is 222 Å². The zero-order chi connectivity index (χ0) is 40.4. The van der Waals surface area contributed by atoms with Gasteiger partial charge in [-0.25, -0.2) is 9.98 Å². The van der Waals surface area contributed by atoms with Gasteiger partial charge in [0.1, 0.15) is 5.71 Å². The molecular formula is C50H39BrN2OP2RuS. The van der Waals surface area contributed by atoms with E-state index in [4.69, 9.17) is 12.6 Å². The molecule has 3 nitrogen and oxygen atoms in total. The minimum absolute atomic E-state index is 0.0607. The van der Waals surface area contributed by atoms with Crippen molar-refractivity contribution in [3.8, 4) is 0 Å². The summed E-state index contributed by atoms with van der Waals surface area (Å²) in [4.78, 5) is 9.13. The fourth-order valence-corrected chi connectivity index (χ4v) is 11.0. The molecule has 1 aliphatic heterocycles. The van der Waals surface area contributed by atoms with E-state index in [9.17, 15) is 5.11 Å². The molecule has 286 valence electrons. The Bertz CT molecular complexity index is 2190. The van der Waals surface area contributed by atoms with Crippen LogP contribution in [-0.2, 0) is 29.0 Å². The molecule has 0 radical (unpaired) electrons. The number of hydrogen-bond donors (Lipinski definition) is 1. The number of halogens is 1. The van der Waals surface area contributed by atoms with Crippen LogP contribution in [0.3, 0.4) is 0 Å². The number of aliphatic imine (C=N–C) groups is 2. The van der Waals surface area contributed by atoms with Crippen LogP contribution in [0.1, 0.15) is 5.56 Å². The molecular weight excluding hydrogens is 920 g/mol. The fraction of sp³-hybridized carbons (Fsp3) is 0. The molecule has 0 fully saturated rings. The van der Waals surface area contributed by atoms with Crippen molar-refractivity contribution in [1.82, 2.24) is 0 Å². The maximum atomic E-state index is 9.85. The zero-order valence-corrected chi connectivity index (χ0v) is 37.2. The standard InChI is InChI=1S/2C18H15P.C14H10N2OS.BrH.Ru/c2*1-4-10-16(11-5-1)19(17-12-6-2-7-13-17)18-14-8-3-9-15-18;17-14-13(9-5-1-2-6-10(9)16-14)15-11-7-3-4-8-12(11)18;;/h2*1-15H;1-8,18H,(H,15,16,17);1H;/q;;;;+2/p-2. The van der Waals surface area contributed by atoms with Crippen molar-refractivity contribution in [3.05, 3.63) is 236 Å². The number of rotatable bonds is 7. The van der Waals surface area contributed by atoms with Gasteiger partial charge >= 0.3 is 30.0 Å². The minimum atomic E-state index is -0.446. The van der Waals surface area contributed by atoms with Crippen LogP contribution in [-0.4, -0.2) is 16.7 Å². The van der Waals surface area contributed by atoms with Gasteiger partial charge in [-0.1, -0.05) is 218 Å². The number of aliphatic hydroxyl groups excluding tert-OH is 1. The third-order valence-corrected chi connectivity index (χ3v) is 14.0. The van der Waals surface area contributed by atoms with E-state index in [1.807, 2.05) is 48.5 Å². The van der Waals surface area contributed by atoms with Crippen molar-refractivity contribution in [2.24, 2.45) is 9.98 Å². The van der Waals surface area contributed by atoms with Gasteiger partial charge in [0.05, 0.1) is 5.69 Å². The fourth-order valence-electron chi connectivity index (χ4n) is 6.20. The third kappa shape index (κ3) is 11.6. The topological polar surface area (TPSA) is 45.0 Å². The van der Waals surface area contributed by atoms with Crippen molar-refractivity contribution >= 4 is 96.9 Å². The predicted octanol–water partition coefficient (Wildman–Crippen LogP) is 11.0. The Hall–Kier alpha value is -4.92. The Kier molecular flexibility index (Phi) is 16.8. The zero-order valence-electron chi connectivity index (χ0n) is 31.3. The molecule has 0 amide bonds. The molecule has 8 heteroatoms. The summed E-state index contributed by atoms with van der Waals surface area (Å²) in [5.41, 5.74) is 2.70. The van der Waals surface area contributed by atoms with Gasteiger partial charge in [-0.05, 0) is 59.8 Å². The number of aliphatic hydroxyl groups is 1. The van der Waals surface area contributed by atoms with Crippen LogP contribution in [0.15, 0.2) is 245 Å². The molecule has 0 saturated carbocycles. The van der Waals surface area contributed by atoms with E-state index in [1.165, 1.54) is 31.8 Å². The average molecular weight is 959 g/mol. The molecule has 1 aliphatic rings. The molecule has 1 heterocycles. The molecule has 1 N–H and O–H groups in total. The van der Waals surface area contributed by atoms with Gasteiger partial charge in [0.2, 0.25) is 5.90 Å². The van der Waals surface area contributed by atoms with Gasteiger partial charge in [0, 0.05) is 11.3 Å². The Morgan fingerprint density at radius 3 is 1.05 bits per heavy atom. The monoisotopic (exact) mass is 958 g/mol. The molecule has 0 spiro atoms. The summed E-state index contributed by atoms with van der Waals surface area (Å²) in [6, 6.07) is 79.5. The molecule has 58 heavy (non-hydrogen) atoms. The number of fused-ring (bicyclic) bond motifs is 1. The van der Waals surface area contributed by atoms with Crippen LogP contribution in [0.5, 0.6) is 0 Å². The summed E-state index contributed by atoms with van der Waals surface area (Å²) in [6.45, 7) is 0. The summed E-state index contributed by atoms with van der Waals surface area (Å²) in [5.74, 6) is -0.0607. The summed E-state index contributed by atoms with van der Waals surface area (Å²) >= 11 is 10.2. The number of benzene rings is 8. The summed E-state index contributed by atoms with van der Waals surface area (Å²) in [7, 11) is -0.892. The van der Waals surface area contributed by atoms with Crippen molar-refractivity contribution in [2.75, 3.05) is 0 Å². The second-order valence-corrected chi connectivity index (χ2v) is 17.4. The maximum Gasteiger partial charge on any atom is -0.0134 e. The van der Waals surface area contributed by atoms with Gasteiger partial charge in [-0.3, -0.25) is 0 Å². The van der Waals surface area contributed by atoms with E-state index in [-0.39, 0.29) is 5.90 Å². The number of para-hydroxylation sites is 2. The molecule has 0 aromatic heterocycles. The molecule has 0 aliphatic carbocycles. The van der Waals surface area contributed by atoms with Crippen LogP contribution in [0.2, 0.25) is 0 Å². The van der Waals surface area contributed by atoms with Crippen molar-refractivity contribution in [2.45, 2.75) is 4.90 Å². The largest absolute Gasteiger partial charge is 0.0622 e. The van der Waals surface area contributed by atoms with Gasteiger partial charge in [0.25, 0.3) is 0 Å². The molecule has 0 bridgehead atoms. The second-order valence-electron chi connectivity index (χ2n) is 12.6. The molecule has 8 aromatic carbocycles. The number of nitrogens with zero attached hydrogens (tertiary/aromatic N) is 2. The van der Waals surface area contributed by atoms with E-state index >= 15 is 0 Å². The van der Waals surface area contributed by atoms with Crippen LogP contribution in [0.4, 0.5) is 11.4 Å². The normalized spacial score (nSPS) is 11.9. The Morgan fingerprint density at radius 1 is 0.414 bits per heavy atom. The van der Waals surface area contributed by atoms with Crippen LogP contribution in [0, 0.1) is 0 Å². The maximum absolute atomic E-state index is 9.85. The van der Waals surface area contributed by atoms with E-state index in [0.717, 1.165) is 11.3 Å². The first-order valence-electron chi connectivity index (χ1n) is 18.4. The van der Waals surface area contributed by atoms with E-state index in [1.54, 1.807) is 0 Å². The van der Waals surface area contributed by atoms with Gasteiger partial charge < -0.3 is 17.7 Å². The van der Waals surface area contributed by atoms with E-state index in [0.29, 0.717) is 16.3 Å². The summed E-state index contributed by atoms with van der Waals surface area (Å²) in [6.07, 6.45) is 0. The second kappa shape index (κ2) is 22.9. The van der Waals surface area contributed by atoms with Gasteiger partial charge in [-0.15, -0.1) is 4.90 Å². The number of hydrogen-bond acceptors (Lipinski definition) is 3. The molecule has 0 unspecified atom stereocenters. The first-order valence-corrected chi connectivity index (χ1v) is 25.5. The quantitative estimate of drug-likeness (QED) is 0.0983. The smallest absolute Gasteiger partial charge is 0.0134 e. The average Bonchev–Trinajstić information content (AvgIpc) is 3.62. The van der Waals surface area contributed by atoms with Gasteiger partial charge in [-0.2, -0.15) is 0 Å². The van der Waals surface area contributed by atoms with Crippen LogP contribution in [0.25, 0.3) is 0 Å². The SMILES string of the molecule is OC1=Nc2ccccc2C1=Nc1ccccc1[S-].[Br][Ru+].c1ccc(P(c2ccccc2)c2ccccc2)cc1.c1ccc(P(c2ccccc2)c2ccccc2)cc1. The first kappa shape index (κ1) is 42.7. The van der Waals surface area contributed by atoms with Crippen molar-refractivity contribution < 1.29 is 21.4 Å².